The standard InChI is InChI=1S/C23H23N3O4S2/c1-3-32(28,29)25-18-11-9-16(10-12-18)20-15-21(17-6-4-7-19(14-17)30-2)26(24-20)23(27)22-8-5-13-31-22/h4-14,21,25H,3,15H2,1-2H3/t21-/m1/s1. The minimum atomic E-state index is -3.34. The highest BCUT2D eigenvalue weighted by molar-refractivity contribution is 7.92. The summed E-state index contributed by atoms with van der Waals surface area (Å²) in [4.78, 5) is 13.8. The molecule has 32 heavy (non-hydrogen) atoms. The molecule has 0 spiro atoms. The first-order chi connectivity index (χ1) is 15.4. The Bertz CT molecular complexity index is 1240. The van der Waals surface area contributed by atoms with Crippen LogP contribution in [0.5, 0.6) is 5.75 Å². The van der Waals surface area contributed by atoms with Gasteiger partial charge in [-0.1, -0.05) is 30.3 Å². The maximum atomic E-state index is 13.2. The Kier molecular flexibility index (Phi) is 6.29. The van der Waals surface area contributed by atoms with Crippen LogP contribution in [0.15, 0.2) is 71.1 Å². The van der Waals surface area contributed by atoms with Gasteiger partial charge in [0.2, 0.25) is 10.0 Å². The van der Waals surface area contributed by atoms with Crippen LogP contribution in [0.3, 0.4) is 0 Å². The molecule has 1 amide bonds. The monoisotopic (exact) mass is 469 g/mol. The van der Waals surface area contributed by atoms with E-state index in [9.17, 15) is 13.2 Å². The molecule has 3 aromatic rings. The predicted molar refractivity (Wildman–Crippen MR) is 127 cm³/mol. The van der Waals surface area contributed by atoms with Crippen molar-refractivity contribution >= 4 is 38.7 Å². The maximum Gasteiger partial charge on any atom is 0.284 e. The van der Waals surface area contributed by atoms with Crippen molar-refractivity contribution in [1.29, 1.82) is 0 Å². The number of anilines is 1. The van der Waals surface area contributed by atoms with Gasteiger partial charge in [-0.05, 0) is 53.8 Å². The Balaban J connectivity index is 1.65. The van der Waals surface area contributed by atoms with Gasteiger partial charge in [-0.25, -0.2) is 13.4 Å². The van der Waals surface area contributed by atoms with Crippen LogP contribution in [0, 0.1) is 0 Å². The number of rotatable bonds is 7. The number of hydrazone groups is 1. The lowest BCUT2D eigenvalue weighted by Crippen LogP contribution is -2.26. The second kappa shape index (κ2) is 9.13. The van der Waals surface area contributed by atoms with Gasteiger partial charge in [0.1, 0.15) is 5.75 Å². The molecular formula is C23H23N3O4S2. The highest BCUT2D eigenvalue weighted by Crippen LogP contribution is 2.36. The molecule has 1 atom stereocenters. The molecule has 1 aliphatic heterocycles. The van der Waals surface area contributed by atoms with Crippen LogP contribution >= 0.6 is 11.3 Å². The number of benzene rings is 2. The van der Waals surface area contributed by atoms with E-state index < -0.39 is 10.0 Å². The number of ether oxygens (including phenoxy) is 1. The van der Waals surface area contributed by atoms with Crippen LogP contribution in [0.4, 0.5) is 5.69 Å². The Morgan fingerprint density at radius 2 is 1.97 bits per heavy atom. The van der Waals surface area contributed by atoms with Crippen LogP contribution in [-0.4, -0.2) is 37.9 Å². The summed E-state index contributed by atoms with van der Waals surface area (Å²) in [7, 11) is -1.74. The van der Waals surface area contributed by atoms with Crippen LogP contribution in [-0.2, 0) is 10.0 Å². The molecule has 0 saturated carbocycles. The number of amides is 1. The van der Waals surface area contributed by atoms with Gasteiger partial charge in [0.05, 0.1) is 29.5 Å². The second-order valence-electron chi connectivity index (χ2n) is 7.25. The third-order valence-corrected chi connectivity index (χ3v) is 7.37. The number of carbonyl (C=O) groups excluding carboxylic acids is 1. The summed E-state index contributed by atoms with van der Waals surface area (Å²) in [5, 5.41) is 8.07. The summed E-state index contributed by atoms with van der Waals surface area (Å²) in [6.07, 6.45) is 0.532. The average molecular weight is 470 g/mol. The number of thiophene rings is 1. The smallest absolute Gasteiger partial charge is 0.284 e. The molecule has 2 aromatic carbocycles. The lowest BCUT2D eigenvalue weighted by atomic mass is 9.98. The molecule has 1 aromatic heterocycles. The molecule has 4 rings (SSSR count). The first-order valence-electron chi connectivity index (χ1n) is 10.1. The van der Waals surface area contributed by atoms with Gasteiger partial charge in [0.25, 0.3) is 5.91 Å². The Morgan fingerprint density at radius 1 is 1.19 bits per heavy atom. The molecule has 7 nitrogen and oxygen atoms in total. The number of nitrogens with one attached hydrogen (secondary N) is 1. The summed E-state index contributed by atoms with van der Waals surface area (Å²) in [5.74, 6) is 0.561. The quantitative estimate of drug-likeness (QED) is 0.551. The number of hydrogen-bond acceptors (Lipinski definition) is 6. The fraction of sp³-hybridized carbons (Fsp3) is 0.217. The average Bonchev–Trinajstić information content (AvgIpc) is 3.50. The normalized spacial score (nSPS) is 16.0. The van der Waals surface area contributed by atoms with Gasteiger partial charge < -0.3 is 4.74 Å². The maximum absolute atomic E-state index is 13.2. The zero-order chi connectivity index (χ0) is 22.7. The van der Waals surface area contributed by atoms with E-state index in [1.807, 2.05) is 47.8 Å². The van der Waals surface area contributed by atoms with E-state index in [0.29, 0.717) is 22.7 Å². The number of nitrogens with zero attached hydrogens (tertiary/aromatic N) is 2. The Hall–Kier alpha value is -3.17. The number of carbonyl (C=O) groups is 1. The molecule has 0 unspecified atom stereocenters. The number of methoxy groups -OCH3 is 1. The molecule has 0 saturated heterocycles. The number of hydrogen-bond donors (Lipinski definition) is 1. The van der Waals surface area contributed by atoms with Crippen LogP contribution in [0.1, 0.15) is 40.2 Å². The lowest BCUT2D eigenvalue weighted by molar-refractivity contribution is 0.0716. The Labute approximate surface area is 191 Å². The van der Waals surface area contributed by atoms with Crippen molar-refractivity contribution in [2.75, 3.05) is 17.6 Å². The van der Waals surface area contributed by atoms with Gasteiger partial charge in [0.15, 0.2) is 0 Å². The van der Waals surface area contributed by atoms with Gasteiger partial charge >= 0.3 is 0 Å². The first-order valence-corrected chi connectivity index (χ1v) is 12.6. The molecule has 1 N–H and O–H groups in total. The molecule has 0 fully saturated rings. The zero-order valence-corrected chi connectivity index (χ0v) is 19.3. The van der Waals surface area contributed by atoms with Gasteiger partial charge in [-0.2, -0.15) is 5.10 Å². The van der Waals surface area contributed by atoms with E-state index in [1.165, 1.54) is 16.3 Å². The van der Waals surface area contributed by atoms with Gasteiger partial charge in [-0.3, -0.25) is 9.52 Å². The Morgan fingerprint density at radius 3 is 2.62 bits per heavy atom. The largest absolute Gasteiger partial charge is 0.497 e. The highest BCUT2D eigenvalue weighted by atomic mass is 32.2. The topological polar surface area (TPSA) is 88.1 Å². The molecular weight excluding hydrogens is 446 g/mol. The fourth-order valence-corrected chi connectivity index (χ4v) is 4.77. The molecule has 0 bridgehead atoms. The van der Waals surface area contributed by atoms with E-state index in [0.717, 1.165) is 16.8 Å². The minimum absolute atomic E-state index is 0.00344. The van der Waals surface area contributed by atoms with E-state index in [2.05, 4.69) is 9.82 Å². The first kappa shape index (κ1) is 22.0. The molecule has 9 heteroatoms. The molecule has 2 heterocycles. The molecule has 166 valence electrons. The summed E-state index contributed by atoms with van der Waals surface area (Å²) >= 11 is 1.38. The van der Waals surface area contributed by atoms with E-state index >= 15 is 0 Å². The summed E-state index contributed by atoms with van der Waals surface area (Å²) in [6.45, 7) is 1.59. The van der Waals surface area contributed by atoms with E-state index in [-0.39, 0.29) is 17.7 Å². The van der Waals surface area contributed by atoms with Gasteiger partial charge in [-0.15, -0.1) is 11.3 Å². The van der Waals surface area contributed by atoms with Crippen molar-refractivity contribution in [2.24, 2.45) is 5.10 Å². The summed E-state index contributed by atoms with van der Waals surface area (Å²) in [6, 6.07) is 18.0. The molecule has 0 aliphatic carbocycles. The third kappa shape index (κ3) is 4.68. The molecule has 0 radical (unpaired) electrons. The number of sulfonamides is 1. The van der Waals surface area contributed by atoms with Crippen molar-refractivity contribution in [3.05, 3.63) is 82.0 Å². The van der Waals surface area contributed by atoms with Crippen molar-refractivity contribution in [1.82, 2.24) is 5.01 Å². The lowest BCUT2D eigenvalue weighted by Gasteiger charge is -2.21. The fourth-order valence-electron chi connectivity index (χ4n) is 3.48. The van der Waals surface area contributed by atoms with Crippen LogP contribution in [0.2, 0.25) is 0 Å². The van der Waals surface area contributed by atoms with E-state index in [4.69, 9.17) is 4.74 Å². The van der Waals surface area contributed by atoms with Crippen molar-refractivity contribution in [2.45, 2.75) is 19.4 Å². The van der Waals surface area contributed by atoms with Crippen molar-refractivity contribution < 1.29 is 17.9 Å². The van der Waals surface area contributed by atoms with Crippen molar-refractivity contribution in [3.8, 4) is 5.75 Å². The van der Waals surface area contributed by atoms with Crippen LogP contribution in [0.25, 0.3) is 0 Å². The second-order valence-corrected chi connectivity index (χ2v) is 10.2. The minimum Gasteiger partial charge on any atom is -0.497 e. The van der Waals surface area contributed by atoms with Crippen LogP contribution < -0.4 is 9.46 Å². The predicted octanol–water partition coefficient (Wildman–Crippen LogP) is 4.51. The summed E-state index contributed by atoms with van der Waals surface area (Å²) < 4.78 is 31.5. The van der Waals surface area contributed by atoms with Gasteiger partial charge in [0, 0.05) is 12.1 Å². The SMILES string of the molecule is CCS(=O)(=O)Nc1ccc(C2=NN(C(=O)c3cccs3)[C@@H](c3cccc(OC)c3)C2)cc1. The zero-order valence-electron chi connectivity index (χ0n) is 17.7. The third-order valence-electron chi connectivity index (χ3n) is 5.20. The van der Waals surface area contributed by atoms with E-state index in [1.54, 1.807) is 32.2 Å². The summed E-state index contributed by atoms with van der Waals surface area (Å²) in [5.41, 5.74) is 3.01. The highest BCUT2D eigenvalue weighted by Gasteiger charge is 2.34. The molecule has 1 aliphatic rings. The van der Waals surface area contributed by atoms with Crippen molar-refractivity contribution in [3.63, 3.8) is 0 Å².